The van der Waals surface area contributed by atoms with Gasteiger partial charge in [-0.25, -0.2) is 4.39 Å². The molecule has 8 nitrogen and oxygen atoms in total. The highest BCUT2D eigenvalue weighted by atomic mass is 19.1. The summed E-state index contributed by atoms with van der Waals surface area (Å²) in [5.74, 6) is -2.87. The number of carbonyl (C=O) groups excluding carboxylic acids is 2. The fourth-order valence-corrected chi connectivity index (χ4v) is 3.41. The molecule has 1 N–H and O–H groups in total. The van der Waals surface area contributed by atoms with Crippen LogP contribution in [0.3, 0.4) is 0 Å². The van der Waals surface area contributed by atoms with Crippen molar-refractivity contribution in [2.24, 2.45) is 0 Å². The van der Waals surface area contributed by atoms with Crippen LogP contribution in [0.4, 0.5) is 15.8 Å². The fraction of sp³-hybridized carbons (Fsp3) is 0.0455. The molecule has 2 heterocycles. The number of nitro benzene ring substituents is 1. The van der Waals surface area contributed by atoms with Crippen LogP contribution >= 0.6 is 0 Å². The van der Waals surface area contributed by atoms with E-state index in [4.69, 9.17) is 0 Å². The summed E-state index contributed by atoms with van der Waals surface area (Å²) in [7, 11) is 0. The summed E-state index contributed by atoms with van der Waals surface area (Å²) in [6.45, 7) is 0. The van der Waals surface area contributed by atoms with Gasteiger partial charge in [0.25, 0.3) is 17.4 Å². The van der Waals surface area contributed by atoms with Gasteiger partial charge in [-0.1, -0.05) is 6.07 Å². The number of benzene rings is 2. The van der Waals surface area contributed by atoms with Crippen LogP contribution < -0.4 is 4.90 Å². The number of rotatable bonds is 4. The average molecular weight is 419 g/mol. The number of hydrogen-bond acceptors (Lipinski definition) is 6. The number of pyridine rings is 1. The molecule has 1 aliphatic heterocycles. The summed E-state index contributed by atoms with van der Waals surface area (Å²) in [6.07, 6.45) is 1.48. The van der Waals surface area contributed by atoms with Crippen molar-refractivity contribution in [3.63, 3.8) is 0 Å². The second-order valence-corrected chi connectivity index (χ2v) is 6.70. The van der Waals surface area contributed by atoms with E-state index in [1.54, 1.807) is 18.2 Å². The standard InChI is InChI=1S/C22H14FN3O5/c23-14-6-10-15(11-7-14)25-19(17-3-1-2-12-24-17)18(21(28)22(25)29)20(27)13-4-8-16(9-5-13)26(30)31/h1-12,19,27H/b20-18-. The maximum Gasteiger partial charge on any atom is 0.300 e. The largest absolute Gasteiger partial charge is 0.507 e. The number of carbonyl (C=O) groups is 2. The van der Waals surface area contributed by atoms with Crippen LogP contribution in [0.5, 0.6) is 0 Å². The first kappa shape index (κ1) is 19.9. The number of amides is 1. The molecule has 0 spiro atoms. The summed E-state index contributed by atoms with van der Waals surface area (Å²) >= 11 is 0. The number of halogens is 1. The van der Waals surface area contributed by atoms with E-state index in [1.165, 1.54) is 42.6 Å². The molecule has 0 bridgehead atoms. The molecule has 1 amide bonds. The molecule has 0 saturated carbocycles. The van der Waals surface area contributed by atoms with Crippen molar-refractivity contribution in [1.29, 1.82) is 0 Å². The molecule has 1 aromatic heterocycles. The molecule has 9 heteroatoms. The molecule has 2 aromatic carbocycles. The Morgan fingerprint density at radius 1 is 1.03 bits per heavy atom. The normalized spacial score (nSPS) is 17.7. The highest BCUT2D eigenvalue weighted by Gasteiger charge is 2.47. The Bertz CT molecular complexity index is 1210. The minimum absolute atomic E-state index is 0.128. The van der Waals surface area contributed by atoms with Gasteiger partial charge in [0.05, 0.1) is 16.2 Å². The van der Waals surface area contributed by atoms with Crippen LogP contribution in [0.2, 0.25) is 0 Å². The van der Waals surface area contributed by atoms with Gasteiger partial charge in [0.15, 0.2) is 0 Å². The van der Waals surface area contributed by atoms with Crippen LogP contribution in [0.1, 0.15) is 17.3 Å². The van der Waals surface area contributed by atoms with E-state index in [-0.39, 0.29) is 22.5 Å². The lowest BCUT2D eigenvalue weighted by Crippen LogP contribution is -2.29. The van der Waals surface area contributed by atoms with Crippen molar-refractivity contribution in [2.75, 3.05) is 4.90 Å². The van der Waals surface area contributed by atoms with Crippen molar-refractivity contribution >= 4 is 28.8 Å². The first-order chi connectivity index (χ1) is 14.9. The van der Waals surface area contributed by atoms with Gasteiger partial charge in [-0.3, -0.25) is 29.6 Å². The Hall–Kier alpha value is -4.40. The topological polar surface area (TPSA) is 114 Å². The average Bonchev–Trinajstić information content (AvgIpc) is 3.05. The summed E-state index contributed by atoms with van der Waals surface area (Å²) < 4.78 is 13.4. The number of nitro groups is 1. The zero-order valence-corrected chi connectivity index (χ0v) is 15.8. The van der Waals surface area contributed by atoms with E-state index in [1.807, 2.05) is 0 Å². The van der Waals surface area contributed by atoms with Crippen molar-refractivity contribution in [2.45, 2.75) is 6.04 Å². The van der Waals surface area contributed by atoms with Gasteiger partial charge < -0.3 is 5.11 Å². The monoisotopic (exact) mass is 419 g/mol. The van der Waals surface area contributed by atoms with Gasteiger partial charge in [-0.15, -0.1) is 0 Å². The predicted molar refractivity (Wildman–Crippen MR) is 109 cm³/mol. The van der Waals surface area contributed by atoms with E-state index in [9.17, 15) is 29.2 Å². The zero-order chi connectivity index (χ0) is 22.1. The summed E-state index contributed by atoms with van der Waals surface area (Å²) in [6, 6.07) is 13.8. The first-order valence-electron chi connectivity index (χ1n) is 9.11. The summed E-state index contributed by atoms with van der Waals surface area (Å²) in [5.41, 5.74) is 0.284. The number of anilines is 1. The third kappa shape index (κ3) is 3.52. The Kier molecular flexibility index (Phi) is 5.00. The quantitative estimate of drug-likeness (QED) is 0.226. The molecule has 1 aliphatic rings. The van der Waals surface area contributed by atoms with Crippen LogP contribution in [-0.4, -0.2) is 26.7 Å². The van der Waals surface area contributed by atoms with Crippen LogP contribution in [0.25, 0.3) is 5.76 Å². The molecule has 4 rings (SSSR count). The molecule has 154 valence electrons. The number of non-ortho nitro benzene ring substituents is 1. The molecule has 1 unspecified atom stereocenters. The lowest BCUT2D eigenvalue weighted by molar-refractivity contribution is -0.384. The van der Waals surface area contributed by atoms with Gasteiger partial charge >= 0.3 is 0 Å². The predicted octanol–water partition coefficient (Wildman–Crippen LogP) is 3.76. The molecule has 31 heavy (non-hydrogen) atoms. The van der Waals surface area contributed by atoms with Crippen molar-refractivity contribution in [1.82, 2.24) is 4.98 Å². The lowest BCUT2D eigenvalue weighted by atomic mass is 9.98. The van der Waals surface area contributed by atoms with Gasteiger partial charge in [-0.05, 0) is 48.5 Å². The number of nitrogens with zero attached hydrogens (tertiary/aromatic N) is 3. The Morgan fingerprint density at radius 2 is 1.71 bits per heavy atom. The van der Waals surface area contributed by atoms with Gasteiger partial charge in [-0.2, -0.15) is 0 Å². The Balaban J connectivity index is 1.90. The second-order valence-electron chi connectivity index (χ2n) is 6.70. The zero-order valence-electron chi connectivity index (χ0n) is 15.8. The maximum atomic E-state index is 13.4. The lowest BCUT2D eigenvalue weighted by Gasteiger charge is -2.24. The third-order valence-corrected chi connectivity index (χ3v) is 4.87. The molecular formula is C22H14FN3O5. The minimum atomic E-state index is -1.07. The van der Waals surface area contributed by atoms with E-state index < -0.39 is 34.2 Å². The van der Waals surface area contributed by atoms with E-state index in [0.717, 1.165) is 17.0 Å². The van der Waals surface area contributed by atoms with Crippen LogP contribution in [0, 0.1) is 15.9 Å². The summed E-state index contributed by atoms with van der Waals surface area (Å²) in [4.78, 5) is 41.5. The number of aromatic nitrogens is 1. The number of ketones is 1. The highest BCUT2D eigenvalue weighted by molar-refractivity contribution is 6.51. The molecule has 0 radical (unpaired) electrons. The smallest absolute Gasteiger partial charge is 0.300 e. The Morgan fingerprint density at radius 3 is 2.29 bits per heavy atom. The second kappa shape index (κ2) is 7.79. The SMILES string of the molecule is O=C1C(=O)N(c2ccc(F)cc2)C(c2ccccn2)/C1=C(/O)c1ccc([N+](=O)[O-])cc1. The molecule has 1 fully saturated rings. The van der Waals surface area contributed by atoms with Crippen molar-refractivity contribution in [3.8, 4) is 0 Å². The molecule has 1 saturated heterocycles. The van der Waals surface area contributed by atoms with Gasteiger partial charge in [0, 0.05) is 29.6 Å². The number of Topliss-reactive ketones (excluding diaryl/α,β-unsaturated/α-hetero) is 1. The first-order valence-corrected chi connectivity index (χ1v) is 9.11. The minimum Gasteiger partial charge on any atom is -0.507 e. The van der Waals surface area contributed by atoms with Crippen LogP contribution in [0.15, 0.2) is 78.5 Å². The molecule has 3 aromatic rings. The maximum absolute atomic E-state index is 13.4. The molecular weight excluding hydrogens is 405 g/mol. The van der Waals surface area contributed by atoms with E-state index in [0.29, 0.717) is 5.69 Å². The van der Waals surface area contributed by atoms with E-state index >= 15 is 0 Å². The van der Waals surface area contributed by atoms with Crippen LogP contribution in [-0.2, 0) is 9.59 Å². The fourth-order valence-electron chi connectivity index (χ4n) is 3.41. The molecule has 0 aliphatic carbocycles. The highest BCUT2D eigenvalue weighted by Crippen LogP contribution is 2.41. The van der Waals surface area contributed by atoms with Gasteiger partial charge in [0.1, 0.15) is 17.6 Å². The van der Waals surface area contributed by atoms with E-state index in [2.05, 4.69) is 4.98 Å². The number of aliphatic hydroxyl groups excluding tert-OH is 1. The van der Waals surface area contributed by atoms with Crippen molar-refractivity contribution < 1.29 is 24.0 Å². The number of hydrogen-bond donors (Lipinski definition) is 1. The summed E-state index contributed by atoms with van der Waals surface area (Å²) in [5, 5.41) is 21.8. The van der Waals surface area contributed by atoms with Gasteiger partial charge in [0.2, 0.25) is 0 Å². The van der Waals surface area contributed by atoms with Crippen molar-refractivity contribution in [3.05, 3.63) is 106 Å². The Labute approximate surface area is 175 Å². The third-order valence-electron chi connectivity index (χ3n) is 4.87. The number of aliphatic hydroxyl groups is 1. The molecule has 1 atom stereocenters.